The first-order valence-corrected chi connectivity index (χ1v) is 4.94. The predicted molar refractivity (Wildman–Crippen MR) is 58.1 cm³/mol. The molecule has 3 heteroatoms. The molecule has 0 saturated heterocycles. The first-order valence-electron chi connectivity index (χ1n) is 4.94. The average Bonchev–Trinajstić information content (AvgIpc) is 2.12. The quantitative estimate of drug-likeness (QED) is 0.629. The molecule has 0 aromatic heterocycles. The van der Waals surface area contributed by atoms with Gasteiger partial charge >= 0.3 is 29.6 Å². The fourth-order valence-corrected chi connectivity index (χ4v) is 1.22. The van der Waals surface area contributed by atoms with E-state index in [1.165, 1.54) is 0 Å². The molecule has 0 aromatic rings. The minimum atomic E-state index is -0.243. The van der Waals surface area contributed by atoms with E-state index in [0.29, 0.717) is 5.92 Å². The van der Waals surface area contributed by atoms with E-state index in [1.54, 1.807) is 0 Å². The van der Waals surface area contributed by atoms with E-state index < -0.39 is 0 Å². The fourth-order valence-electron chi connectivity index (χ4n) is 1.22. The van der Waals surface area contributed by atoms with Gasteiger partial charge in [-0.1, -0.05) is 33.6 Å². The zero-order valence-corrected chi connectivity index (χ0v) is 8.45. The van der Waals surface area contributed by atoms with Crippen molar-refractivity contribution in [3.63, 3.8) is 0 Å². The summed E-state index contributed by atoms with van der Waals surface area (Å²) < 4.78 is 0. The molecule has 13 heavy (non-hydrogen) atoms. The van der Waals surface area contributed by atoms with E-state index in [2.05, 4.69) is 13.8 Å². The summed E-state index contributed by atoms with van der Waals surface area (Å²) in [7, 11) is 0. The number of aliphatic hydroxyl groups excluding tert-OH is 2. The molecular formula is C10H23NaO2. The molecule has 3 atom stereocenters. The molecule has 0 rings (SSSR count). The van der Waals surface area contributed by atoms with Gasteiger partial charge in [0.1, 0.15) is 0 Å². The Bertz CT molecular complexity index is 105. The van der Waals surface area contributed by atoms with Crippen molar-refractivity contribution >= 4 is 29.6 Å². The predicted octanol–water partition coefficient (Wildman–Crippen LogP) is 1.15. The molecule has 0 fully saturated rings. The van der Waals surface area contributed by atoms with Crippen molar-refractivity contribution in [3.05, 3.63) is 0 Å². The van der Waals surface area contributed by atoms with E-state index >= 15 is 0 Å². The van der Waals surface area contributed by atoms with E-state index in [1.807, 2.05) is 6.92 Å². The van der Waals surface area contributed by atoms with Crippen LogP contribution >= 0.6 is 0 Å². The normalized spacial score (nSPS) is 17.3. The zero-order chi connectivity index (χ0) is 9.56. The Hall–Kier alpha value is 0.920. The molecule has 0 spiro atoms. The molecule has 0 aliphatic rings. The Morgan fingerprint density at radius 1 is 1.15 bits per heavy atom. The Balaban J connectivity index is 0. The van der Waals surface area contributed by atoms with E-state index in [4.69, 9.17) is 5.11 Å². The van der Waals surface area contributed by atoms with Crippen LogP contribution in [-0.4, -0.2) is 52.5 Å². The second kappa shape index (κ2) is 9.47. The van der Waals surface area contributed by atoms with Crippen LogP contribution in [0.5, 0.6) is 0 Å². The number of hydrogen-bond acceptors (Lipinski definition) is 2. The Labute approximate surface area is 104 Å². The van der Waals surface area contributed by atoms with Crippen molar-refractivity contribution in [2.45, 2.75) is 46.1 Å². The van der Waals surface area contributed by atoms with Crippen LogP contribution < -0.4 is 0 Å². The van der Waals surface area contributed by atoms with Crippen molar-refractivity contribution in [3.8, 4) is 0 Å². The van der Waals surface area contributed by atoms with Gasteiger partial charge in [0.15, 0.2) is 0 Å². The van der Waals surface area contributed by atoms with Crippen LogP contribution in [-0.2, 0) is 0 Å². The van der Waals surface area contributed by atoms with E-state index in [0.717, 1.165) is 19.3 Å². The second-order valence-corrected chi connectivity index (χ2v) is 3.65. The monoisotopic (exact) mass is 198 g/mol. The maximum atomic E-state index is 9.64. The van der Waals surface area contributed by atoms with Gasteiger partial charge in [0.05, 0.1) is 6.10 Å². The van der Waals surface area contributed by atoms with Crippen LogP contribution in [0.1, 0.15) is 40.0 Å². The minimum absolute atomic E-state index is 0. The average molecular weight is 198 g/mol. The SMILES string of the molecule is CCC(CO)CC(O)C(C)CC.[NaH]. The topological polar surface area (TPSA) is 40.5 Å². The molecule has 0 radical (unpaired) electrons. The Morgan fingerprint density at radius 3 is 2.00 bits per heavy atom. The molecule has 2 N–H and O–H groups in total. The van der Waals surface area contributed by atoms with Crippen molar-refractivity contribution in [1.29, 1.82) is 0 Å². The van der Waals surface area contributed by atoms with Crippen LogP contribution in [0.2, 0.25) is 0 Å². The molecule has 0 aliphatic heterocycles. The third kappa shape index (κ3) is 6.92. The summed E-state index contributed by atoms with van der Waals surface area (Å²) in [5.41, 5.74) is 0. The standard InChI is InChI=1S/C10H22O2.Na.H/c1-4-8(3)10(12)6-9(5-2)7-11;;/h8-12H,4-7H2,1-3H3;;. The molecule has 0 aliphatic carbocycles. The first-order chi connectivity index (χ1) is 5.65. The third-order valence-corrected chi connectivity index (χ3v) is 2.71. The molecule has 0 heterocycles. The van der Waals surface area contributed by atoms with Gasteiger partial charge in [-0.05, 0) is 18.3 Å². The van der Waals surface area contributed by atoms with Crippen LogP contribution in [0.25, 0.3) is 0 Å². The molecule has 3 unspecified atom stereocenters. The molecule has 0 saturated carbocycles. The molecular weight excluding hydrogens is 175 g/mol. The van der Waals surface area contributed by atoms with Gasteiger partial charge in [-0.25, -0.2) is 0 Å². The van der Waals surface area contributed by atoms with Gasteiger partial charge in [-0.2, -0.15) is 0 Å². The number of hydrogen-bond donors (Lipinski definition) is 2. The van der Waals surface area contributed by atoms with Gasteiger partial charge in [0.2, 0.25) is 0 Å². The van der Waals surface area contributed by atoms with Crippen LogP contribution in [0.15, 0.2) is 0 Å². The van der Waals surface area contributed by atoms with Gasteiger partial charge in [0, 0.05) is 6.61 Å². The van der Waals surface area contributed by atoms with Crippen LogP contribution in [0.4, 0.5) is 0 Å². The summed E-state index contributed by atoms with van der Waals surface area (Å²) in [4.78, 5) is 0. The fraction of sp³-hybridized carbons (Fsp3) is 1.00. The Kier molecular flexibility index (Phi) is 11.9. The van der Waals surface area contributed by atoms with Gasteiger partial charge in [0.25, 0.3) is 0 Å². The summed E-state index contributed by atoms with van der Waals surface area (Å²) in [5.74, 6) is 0.625. The third-order valence-electron chi connectivity index (χ3n) is 2.71. The van der Waals surface area contributed by atoms with Crippen molar-refractivity contribution in [2.24, 2.45) is 11.8 Å². The summed E-state index contributed by atoms with van der Waals surface area (Å²) in [6.07, 6.45) is 2.45. The van der Waals surface area contributed by atoms with Gasteiger partial charge in [-0.15, -0.1) is 0 Å². The zero-order valence-electron chi connectivity index (χ0n) is 8.45. The van der Waals surface area contributed by atoms with Crippen molar-refractivity contribution in [2.75, 3.05) is 6.61 Å². The Morgan fingerprint density at radius 2 is 1.69 bits per heavy atom. The maximum absolute atomic E-state index is 9.64. The van der Waals surface area contributed by atoms with E-state index in [9.17, 15) is 5.11 Å². The first kappa shape index (κ1) is 16.4. The van der Waals surface area contributed by atoms with Crippen LogP contribution in [0.3, 0.4) is 0 Å². The summed E-state index contributed by atoms with van der Waals surface area (Å²) in [5, 5.41) is 18.6. The van der Waals surface area contributed by atoms with Crippen molar-refractivity contribution in [1.82, 2.24) is 0 Å². The summed E-state index contributed by atoms with van der Waals surface area (Å²) in [6.45, 7) is 6.37. The summed E-state index contributed by atoms with van der Waals surface area (Å²) in [6, 6.07) is 0. The van der Waals surface area contributed by atoms with Crippen LogP contribution in [0, 0.1) is 11.8 Å². The van der Waals surface area contributed by atoms with Gasteiger partial charge < -0.3 is 10.2 Å². The molecule has 2 nitrogen and oxygen atoms in total. The summed E-state index contributed by atoms with van der Waals surface area (Å²) >= 11 is 0. The molecule has 0 bridgehead atoms. The molecule has 76 valence electrons. The van der Waals surface area contributed by atoms with Crippen molar-refractivity contribution < 1.29 is 10.2 Å². The molecule has 0 aromatic carbocycles. The van der Waals surface area contributed by atoms with Gasteiger partial charge in [-0.3, -0.25) is 0 Å². The number of aliphatic hydroxyl groups is 2. The number of rotatable bonds is 6. The second-order valence-electron chi connectivity index (χ2n) is 3.65. The molecule has 0 amide bonds. The van der Waals surface area contributed by atoms with E-state index in [-0.39, 0.29) is 48.2 Å².